The lowest BCUT2D eigenvalue weighted by Gasteiger charge is -2.39. The van der Waals surface area contributed by atoms with Crippen LogP contribution in [0.15, 0.2) is 30.3 Å². The first-order valence-electron chi connectivity index (χ1n) is 9.06. The molecule has 2 saturated heterocycles. The highest BCUT2D eigenvalue weighted by molar-refractivity contribution is 7.99. The van der Waals surface area contributed by atoms with Gasteiger partial charge in [-0.1, -0.05) is 30.3 Å². The first-order valence-corrected chi connectivity index (χ1v) is 10.2. The van der Waals surface area contributed by atoms with Gasteiger partial charge in [-0.05, 0) is 49.3 Å². The van der Waals surface area contributed by atoms with Gasteiger partial charge in [0, 0.05) is 24.4 Å². The molecule has 1 saturated carbocycles. The molecule has 2 amide bonds. The summed E-state index contributed by atoms with van der Waals surface area (Å²) in [6.45, 7) is 0.769. The number of hydrogen-bond acceptors (Lipinski definition) is 3. The van der Waals surface area contributed by atoms with Gasteiger partial charge in [-0.25, -0.2) is 4.79 Å². The molecule has 0 unspecified atom stereocenters. The third kappa shape index (κ3) is 3.57. The molecule has 2 N–H and O–H groups in total. The highest BCUT2D eigenvalue weighted by Crippen LogP contribution is 2.38. The lowest BCUT2D eigenvalue weighted by Crippen LogP contribution is -2.54. The number of rotatable bonds is 3. The maximum absolute atomic E-state index is 12.3. The van der Waals surface area contributed by atoms with Crippen LogP contribution in [-0.4, -0.2) is 41.8 Å². The predicted octanol–water partition coefficient (Wildman–Crippen LogP) is 3.29. The molecular weight excluding hydrogens is 320 g/mol. The number of benzene rings is 1. The molecule has 2 aliphatic heterocycles. The van der Waals surface area contributed by atoms with Crippen LogP contribution >= 0.6 is 11.8 Å². The third-order valence-electron chi connectivity index (χ3n) is 5.64. The molecule has 2 atom stereocenters. The molecule has 0 radical (unpaired) electrons. The maximum Gasteiger partial charge on any atom is 0.315 e. The summed E-state index contributed by atoms with van der Waals surface area (Å²) in [7, 11) is 0. The zero-order valence-electron chi connectivity index (χ0n) is 14.0. The summed E-state index contributed by atoms with van der Waals surface area (Å²) in [5.41, 5.74) is 1.41. The number of carbonyl (C=O) groups is 1. The molecule has 1 aromatic carbocycles. The van der Waals surface area contributed by atoms with Crippen LogP contribution in [0, 0.1) is 0 Å². The minimum Gasteiger partial charge on any atom is -0.374 e. The Morgan fingerprint density at radius 3 is 2.71 bits per heavy atom. The minimum atomic E-state index is -0.000730. The van der Waals surface area contributed by atoms with Crippen molar-refractivity contribution in [3.8, 4) is 0 Å². The van der Waals surface area contributed by atoms with Gasteiger partial charge in [0.25, 0.3) is 0 Å². The van der Waals surface area contributed by atoms with E-state index in [1.165, 1.54) is 11.3 Å². The number of urea groups is 1. The van der Waals surface area contributed by atoms with E-state index in [-0.39, 0.29) is 17.7 Å². The first-order chi connectivity index (χ1) is 11.7. The number of carbonyl (C=O) groups excluding carboxylic acids is 1. The molecule has 4 rings (SSSR count). The maximum atomic E-state index is 12.3. The molecule has 3 aliphatic rings. The number of ether oxygens (including phenoxy) is 1. The van der Waals surface area contributed by atoms with Crippen LogP contribution in [0.5, 0.6) is 0 Å². The normalized spacial score (nSPS) is 35.4. The van der Waals surface area contributed by atoms with E-state index in [1.807, 2.05) is 11.8 Å². The summed E-state index contributed by atoms with van der Waals surface area (Å²) in [5.74, 6) is 2.86. The largest absolute Gasteiger partial charge is 0.374 e. The second kappa shape index (κ2) is 6.96. The molecular formula is C19H26N2O2S. The number of nitrogens with one attached hydrogen (secondary N) is 2. The van der Waals surface area contributed by atoms with E-state index in [9.17, 15) is 4.79 Å². The Hall–Kier alpha value is -1.20. The molecule has 0 aromatic heterocycles. The lowest BCUT2D eigenvalue weighted by atomic mass is 9.76. The molecule has 130 valence electrons. The lowest BCUT2D eigenvalue weighted by molar-refractivity contribution is -0.0685. The minimum absolute atomic E-state index is 0.000730. The Morgan fingerprint density at radius 1 is 1.17 bits per heavy atom. The van der Waals surface area contributed by atoms with E-state index >= 15 is 0 Å². The SMILES string of the molecule is O=C(NC1CC(c2ccccc2)C1)N[C@H]1CCO[C@]2(CCSC2)C1. The molecule has 1 spiro atoms. The monoisotopic (exact) mass is 346 g/mol. The zero-order valence-corrected chi connectivity index (χ0v) is 14.8. The van der Waals surface area contributed by atoms with Crippen molar-refractivity contribution in [1.82, 2.24) is 10.6 Å². The van der Waals surface area contributed by atoms with Gasteiger partial charge in [-0.2, -0.15) is 11.8 Å². The van der Waals surface area contributed by atoms with Gasteiger partial charge in [0.1, 0.15) is 0 Å². The highest BCUT2D eigenvalue weighted by Gasteiger charge is 2.41. The summed E-state index contributed by atoms with van der Waals surface area (Å²) in [6, 6.07) is 11.2. The van der Waals surface area contributed by atoms with Crippen molar-refractivity contribution < 1.29 is 9.53 Å². The number of amides is 2. The van der Waals surface area contributed by atoms with Crippen molar-refractivity contribution in [3.63, 3.8) is 0 Å². The van der Waals surface area contributed by atoms with Gasteiger partial charge in [0.2, 0.25) is 0 Å². The van der Waals surface area contributed by atoms with Crippen LogP contribution in [0.2, 0.25) is 0 Å². The summed E-state index contributed by atoms with van der Waals surface area (Å²) < 4.78 is 6.02. The smallest absolute Gasteiger partial charge is 0.315 e. The number of thioether (sulfide) groups is 1. The topological polar surface area (TPSA) is 50.4 Å². The van der Waals surface area contributed by atoms with E-state index in [1.54, 1.807) is 0 Å². The van der Waals surface area contributed by atoms with Gasteiger partial charge in [0.05, 0.1) is 5.60 Å². The second-order valence-corrected chi connectivity index (χ2v) is 8.52. The summed E-state index contributed by atoms with van der Waals surface area (Å²) in [5, 5.41) is 6.33. The molecule has 4 nitrogen and oxygen atoms in total. The third-order valence-corrected chi connectivity index (χ3v) is 6.86. The average Bonchev–Trinajstić information content (AvgIpc) is 2.99. The van der Waals surface area contributed by atoms with Gasteiger partial charge in [-0.15, -0.1) is 0 Å². The molecule has 1 aliphatic carbocycles. The Kier molecular flexibility index (Phi) is 4.72. The van der Waals surface area contributed by atoms with Crippen molar-refractivity contribution in [2.75, 3.05) is 18.1 Å². The Bertz CT molecular complexity index is 568. The second-order valence-electron chi connectivity index (χ2n) is 7.42. The van der Waals surface area contributed by atoms with Crippen LogP contribution in [0.4, 0.5) is 4.79 Å². The van der Waals surface area contributed by atoms with Gasteiger partial charge < -0.3 is 15.4 Å². The van der Waals surface area contributed by atoms with Crippen LogP contribution in [-0.2, 0) is 4.74 Å². The highest BCUT2D eigenvalue weighted by atomic mass is 32.2. The molecule has 0 bridgehead atoms. The van der Waals surface area contributed by atoms with E-state index in [0.29, 0.717) is 12.0 Å². The van der Waals surface area contributed by atoms with Crippen LogP contribution in [0.1, 0.15) is 43.6 Å². The Morgan fingerprint density at radius 2 is 1.96 bits per heavy atom. The molecule has 1 aromatic rings. The Labute approximate surface area is 148 Å². The predicted molar refractivity (Wildman–Crippen MR) is 97.5 cm³/mol. The molecule has 2 heterocycles. The van der Waals surface area contributed by atoms with E-state index in [2.05, 4.69) is 41.0 Å². The fourth-order valence-electron chi connectivity index (χ4n) is 4.16. The zero-order chi connectivity index (χ0) is 16.4. The summed E-state index contributed by atoms with van der Waals surface area (Å²) in [4.78, 5) is 12.3. The fourth-order valence-corrected chi connectivity index (χ4v) is 5.54. The van der Waals surface area contributed by atoms with E-state index in [4.69, 9.17) is 4.74 Å². The van der Waals surface area contributed by atoms with Crippen molar-refractivity contribution in [2.45, 2.75) is 55.7 Å². The van der Waals surface area contributed by atoms with Gasteiger partial charge in [-0.3, -0.25) is 0 Å². The van der Waals surface area contributed by atoms with Crippen molar-refractivity contribution in [2.24, 2.45) is 0 Å². The van der Waals surface area contributed by atoms with Crippen molar-refractivity contribution in [1.29, 1.82) is 0 Å². The quantitative estimate of drug-likeness (QED) is 0.883. The van der Waals surface area contributed by atoms with Crippen molar-refractivity contribution in [3.05, 3.63) is 35.9 Å². The fraction of sp³-hybridized carbons (Fsp3) is 0.632. The van der Waals surface area contributed by atoms with Crippen LogP contribution < -0.4 is 10.6 Å². The number of hydrogen-bond donors (Lipinski definition) is 2. The standard InChI is InChI=1S/C19H26N2O2S/c22-18(20-16-6-8-23-19(12-16)7-9-24-13-19)21-17-10-15(11-17)14-4-2-1-3-5-14/h1-5,15-17H,6-13H2,(H2,20,21,22)/t15?,16-,17?,19+/m0/s1. The average molecular weight is 346 g/mol. The Balaban J connectivity index is 1.22. The van der Waals surface area contributed by atoms with E-state index in [0.717, 1.165) is 44.5 Å². The first kappa shape index (κ1) is 16.3. The summed E-state index contributed by atoms with van der Waals surface area (Å²) in [6.07, 6.45) is 5.11. The van der Waals surface area contributed by atoms with Crippen molar-refractivity contribution >= 4 is 17.8 Å². The summed E-state index contributed by atoms with van der Waals surface area (Å²) >= 11 is 1.97. The van der Waals surface area contributed by atoms with Crippen LogP contribution in [0.3, 0.4) is 0 Å². The van der Waals surface area contributed by atoms with E-state index < -0.39 is 0 Å². The van der Waals surface area contributed by atoms with Gasteiger partial charge >= 0.3 is 6.03 Å². The van der Waals surface area contributed by atoms with Gasteiger partial charge in [0.15, 0.2) is 0 Å². The molecule has 5 heteroatoms. The van der Waals surface area contributed by atoms with Crippen LogP contribution in [0.25, 0.3) is 0 Å². The molecule has 3 fully saturated rings. The molecule has 24 heavy (non-hydrogen) atoms.